The van der Waals surface area contributed by atoms with Crippen LogP contribution in [0.2, 0.25) is 0 Å². The van der Waals surface area contributed by atoms with Gasteiger partial charge in [-0.1, -0.05) is 0 Å². The summed E-state index contributed by atoms with van der Waals surface area (Å²) in [5.74, 6) is 2.30. The van der Waals surface area contributed by atoms with Crippen LogP contribution in [0.3, 0.4) is 0 Å². The second-order valence-electron chi connectivity index (χ2n) is 7.58. The van der Waals surface area contributed by atoms with Gasteiger partial charge in [0.25, 0.3) is 0 Å². The Hall–Kier alpha value is -2.25. The number of aryl methyl sites for hydroxylation is 1. The molecule has 4 heterocycles. The van der Waals surface area contributed by atoms with Crippen molar-refractivity contribution < 1.29 is 4.74 Å². The molecule has 0 aromatic carbocycles. The Labute approximate surface area is 160 Å². The Kier molecular flexibility index (Phi) is 5.22. The maximum Gasteiger partial charge on any atom is 0.227 e. The molecule has 4 rings (SSSR count). The molecule has 2 aliphatic heterocycles. The molecular formula is C20H28N6O. The smallest absolute Gasteiger partial charge is 0.227 e. The van der Waals surface area contributed by atoms with Gasteiger partial charge in [-0.05, 0) is 45.2 Å². The largest absolute Gasteiger partial charge is 0.437 e. The third-order valence-corrected chi connectivity index (χ3v) is 5.71. The van der Waals surface area contributed by atoms with E-state index in [0.29, 0.717) is 18.0 Å². The Balaban J connectivity index is 1.45. The molecule has 1 unspecified atom stereocenters. The maximum absolute atomic E-state index is 6.07. The number of nitrogens with zero attached hydrogens (tertiary/aromatic N) is 5. The molecule has 27 heavy (non-hydrogen) atoms. The SMILES string of the molecule is Cc1ncccc1Oc1ncnc(N2CCC(N3CCC(N)C3)CC2)c1C. The summed E-state index contributed by atoms with van der Waals surface area (Å²) in [6.07, 6.45) is 6.77. The summed E-state index contributed by atoms with van der Waals surface area (Å²) in [5.41, 5.74) is 7.90. The topological polar surface area (TPSA) is 80.4 Å². The zero-order valence-corrected chi connectivity index (χ0v) is 16.1. The van der Waals surface area contributed by atoms with Crippen LogP contribution in [-0.4, -0.2) is 58.1 Å². The Morgan fingerprint density at radius 1 is 1.07 bits per heavy atom. The molecule has 0 spiro atoms. The molecule has 2 aliphatic rings. The number of hydrogen-bond acceptors (Lipinski definition) is 7. The Morgan fingerprint density at radius 2 is 1.89 bits per heavy atom. The highest BCUT2D eigenvalue weighted by Crippen LogP contribution is 2.31. The molecule has 2 fully saturated rings. The number of rotatable bonds is 4. The van der Waals surface area contributed by atoms with Gasteiger partial charge in [0.2, 0.25) is 5.88 Å². The van der Waals surface area contributed by atoms with Gasteiger partial charge in [0.1, 0.15) is 12.1 Å². The van der Waals surface area contributed by atoms with Crippen molar-refractivity contribution in [3.63, 3.8) is 0 Å². The van der Waals surface area contributed by atoms with E-state index in [2.05, 4.69) is 24.8 Å². The van der Waals surface area contributed by atoms with Gasteiger partial charge < -0.3 is 15.4 Å². The predicted molar refractivity (Wildman–Crippen MR) is 105 cm³/mol. The molecular weight excluding hydrogens is 340 g/mol. The predicted octanol–water partition coefficient (Wildman–Crippen LogP) is 2.28. The van der Waals surface area contributed by atoms with Crippen LogP contribution in [0.4, 0.5) is 5.82 Å². The summed E-state index contributed by atoms with van der Waals surface area (Å²) < 4.78 is 6.02. The number of anilines is 1. The molecule has 1 atom stereocenters. The van der Waals surface area contributed by atoms with E-state index in [0.717, 1.165) is 68.3 Å². The molecule has 2 N–H and O–H groups in total. The summed E-state index contributed by atoms with van der Waals surface area (Å²) in [4.78, 5) is 18.1. The molecule has 0 saturated carbocycles. The molecule has 144 valence electrons. The summed E-state index contributed by atoms with van der Waals surface area (Å²) in [7, 11) is 0. The van der Waals surface area contributed by atoms with Crippen molar-refractivity contribution in [2.45, 2.75) is 45.2 Å². The van der Waals surface area contributed by atoms with E-state index in [1.54, 1.807) is 12.5 Å². The molecule has 2 aromatic rings. The highest BCUT2D eigenvalue weighted by molar-refractivity contribution is 5.51. The number of ether oxygens (including phenoxy) is 1. The van der Waals surface area contributed by atoms with Gasteiger partial charge in [-0.2, -0.15) is 0 Å². The molecule has 0 radical (unpaired) electrons. The number of aromatic nitrogens is 3. The number of likely N-dealkylation sites (tertiary alicyclic amines) is 1. The van der Waals surface area contributed by atoms with Crippen LogP contribution in [0.25, 0.3) is 0 Å². The highest BCUT2D eigenvalue weighted by atomic mass is 16.5. The van der Waals surface area contributed by atoms with Gasteiger partial charge in [0.05, 0.1) is 11.3 Å². The van der Waals surface area contributed by atoms with E-state index < -0.39 is 0 Å². The first kappa shape index (κ1) is 18.1. The molecule has 2 aromatic heterocycles. The van der Waals surface area contributed by atoms with Gasteiger partial charge in [-0.15, -0.1) is 0 Å². The van der Waals surface area contributed by atoms with Crippen LogP contribution in [-0.2, 0) is 0 Å². The molecule has 7 nitrogen and oxygen atoms in total. The minimum Gasteiger partial charge on any atom is -0.437 e. The molecule has 0 aliphatic carbocycles. The average molecular weight is 368 g/mol. The van der Waals surface area contributed by atoms with E-state index >= 15 is 0 Å². The van der Waals surface area contributed by atoms with E-state index in [1.807, 2.05) is 26.0 Å². The normalized spacial score (nSPS) is 21.6. The van der Waals surface area contributed by atoms with Crippen LogP contribution < -0.4 is 15.4 Å². The second kappa shape index (κ2) is 7.78. The number of pyridine rings is 1. The fourth-order valence-corrected chi connectivity index (χ4v) is 4.12. The lowest BCUT2D eigenvalue weighted by Gasteiger charge is -2.37. The standard InChI is InChI=1S/C20H28N6O/c1-14-19(23-13-24-20(14)27-18-4-3-8-22-15(18)2)25-10-6-17(7-11-25)26-9-5-16(21)12-26/h3-4,8,13,16-17H,5-7,9-12,21H2,1-2H3. The van der Waals surface area contributed by atoms with Crippen LogP contribution in [0.1, 0.15) is 30.5 Å². The van der Waals surface area contributed by atoms with Gasteiger partial charge in [0, 0.05) is 44.5 Å². The van der Waals surface area contributed by atoms with E-state index in [4.69, 9.17) is 10.5 Å². The summed E-state index contributed by atoms with van der Waals surface area (Å²) >= 11 is 0. The average Bonchev–Trinajstić information content (AvgIpc) is 3.12. The monoisotopic (exact) mass is 368 g/mol. The Morgan fingerprint density at radius 3 is 2.59 bits per heavy atom. The van der Waals surface area contributed by atoms with Crippen LogP contribution in [0.5, 0.6) is 11.6 Å². The van der Waals surface area contributed by atoms with Crippen molar-refractivity contribution >= 4 is 5.82 Å². The first-order valence-electron chi connectivity index (χ1n) is 9.77. The maximum atomic E-state index is 6.07. The number of nitrogens with two attached hydrogens (primary N) is 1. The van der Waals surface area contributed by atoms with Crippen LogP contribution >= 0.6 is 0 Å². The third kappa shape index (κ3) is 3.89. The fraction of sp³-hybridized carbons (Fsp3) is 0.550. The van der Waals surface area contributed by atoms with Crippen molar-refractivity contribution in [2.75, 3.05) is 31.1 Å². The van der Waals surface area contributed by atoms with Gasteiger partial charge in [-0.3, -0.25) is 9.88 Å². The van der Waals surface area contributed by atoms with Crippen LogP contribution in [0, 0.1) is 13.8 Å². The quantitative estimate of drug-likeness (QED) is 0.887. The minimum absolute atomic E-state index is 0.350. The van der Waals surface area contributed by atoms with E-state index in [-0.39, 0.29) is 0 Å². The van der Waals surface area contributed by atoms with Gasteiger partial charge in [-0.25, -0.2) is 9.97 Å². The first-order chi connectivity index (χ1) is 13.1. The zero-order valence-electron chi connectivity index (χ0n) is 16.1. The van der Waals surface area contributed by atoms with Crippen molar-refractivity contribution in [2.24, 2.45) is 5.73 Å². The van der Waals surface area contributed by atoms with E-state index in [9.17, 15) is 0 Å². The minimum atomic E-state index is 0.350. The second-order valence-corrected chi connectivity index (χ2v) is 7.58. The van der Waals surface area contributed by atoms with E-state index in [1.165, 1.54) is 0 Å². The van der Waals surface area contributed by atoms with Gasteiger partial charge >= 0.3 is 0 Å². The lowest BCUT2D eigenvalue weighted by atomic mass is 10.0. The third-order valence-electron chi connectivity index (χ3n) is 5.71. The highest BCUT2D eigenvalue weighted by Gasteiger charge is 2.30. The lowest BCUT2D eigenvalue weighted by Crippen LogP contribution is -2.45. The zero-order chi connectivity index (χ0) is 18.8. The number of hydrogen-bond donors (Lipinski definition) is 1. The Bertz CT molecular complexity index is 790. The molecule has 0 bridgehead atoms. The first-order valence-corrected chi connectivity index (χ1v) is 9.77. The van der Waals surface area contributed by atoms with Crippen molar-refractivity contribution in [1.82, 2.24) is 19.9 Å². The lowest BCUT2D eigenvalue weighted by molar-refractivity contribution is 0.205. The molecule has 2 saturated heterocycles. The fourth-order valence-electron chi connectivity index (χ4n) is 4.12. The van der Waals surface area contributed by atoms with Crippen LogP contribution in [0.15, 0.2) is 24.7 Å². The molecule has 7 heteroatoms. The van der Waals surface area contributed by atoms with Crippen molar-refractivity contribution in [3.05, 3.63) is 35.9 Å². The summed E-state index contributed by atoms with van der Waals surface area (Å²) in [6.45, 7) is 8.14. The van der Waals surface area contributed by atoms with Crippen molar-refractivity contribution in [1.29, 1.82) is 0 Å². The number of piperidine rings is 1. The summed E-state index contributed by atoms with van der Waals surface area (Å²) in [6, 6.07) is 4.78. The van der Waals surface area contributed by atoms with Crippen molar-refractivity contribution in [3.8, 4) is 11.6 Å². The van der Waals surface area contributed by atoms with Gasteiger partial charge in [0.15, 0.2) is 5.75 Å². The summed E-state index contributed by atoms with van der Waals surface area (Å²) in [5, 5.41) is 0. The molecule has 0 amide bonds.